The SMILES string of the molecule is CC1(C)CCCC[C@@H]1NCC(=O)N1CCC(C(=O)O)CC1. The number of carbonyl (C=O) groups is 2. The van der Waals surface area contributed by atoms with Crippen molar-refractivity contribution in [2.45, 2.75) is 58.4 Å². The average Bonchev–Trinajstić information content (AvgIpc) is 2.45. The Labute approximate surface area is 127 Å². The van der Waals surface area contributed by atoms with Crippen LogP contribution in [0.15, 0.2) is 0 Å². The fourth-order valence-electron chi connectivity index (χ4n) is 3.57. The first-order valence-corrected chi connectivity index (χ1v) is 8.14. The van der Waals surface area contributed by atoms with Crippen molar-refractivity contribution in [2.24, 2.45) is 11.3 Å². The van der Waals surface area contributed by atoms with Gasteiger partial charge in [-0.05, 0) is 31.1 Å². The van der Waals surface area contributed by atoms with E-state index in [4.69, 9.17) is 5.11 Å². The van der Waals surface area contributed by atoms with Crippen LogP contribution in [0.5, 0.6) is 0 Å². The lowest BCUT2D eigenvalue weighted by atomic mass is 9.73. The van der Waals surface area contributed by atoms with Gasteiger partial charge in [0, 0.05) is 19.1 Å². The maximum Gasteiger partial charge on any atom is 0.306 e. The Hall–Kier alpha value is -1.10. The van der Waals surface area contributed by atoms with E-state index in [2.05, 4.69) is 19.2 Å². The van der Waals surface area contributed by atoms with Crippen LogP contribution in [-0.4, -0.2) is 47.6 Å². The van der Waals surface area contributed by atoms with Gasteiger partial charge in [-0.2, -0.15) is 0 Å². The number of aliphatic carboxylic acids is 1. The summed E-state index contributed by atoms with van der Waals surface area (Å²) < 4.78 is 0. The number of likely N-dealkylation sites (tertiary alicyclic amines) is 1. The van der Waals surface area contributed by atoms with Crippen molar-refractivity contribution in [2.75, 3.05) is 19.6 Å². The number of carbonyl (C=O) groups excluding carboxylic acids is 1. The van der Waals surface area contributed by atoms with Gasteiger partial charge in [0.2, 0.25) is 5.91 Å². The molecule has 0 radical (unpaired) electrons. The number of nitrogens with one attached hydrogen (secondary N) is 1. The molecule has 1 saturated carbocycles. The summed E-state index contributed by atoms with van der Waals surface area (Å²) in [7, 11) is 0. The Morgan fingerprint density at radius 2 is 1.86 bits per heavy atom. The quantitative estimate of drug-likeness (QED) is 0.831. The molecule has 2 rings (SSSR count). The molecule has 21 heavy (non-hydrogen) atoms. The highest BCUT2D eigenvalue weighted by atomic mass is 16.4. The van der Waals surface area contributed by atoms with Crippen molar-refractivity contribution in [3.05, 3.63) is 0 Å². The molecule has 0 aromatic heterocycles. The normalized spacial score (nSPS) is 26.6. The minimum Gasteiger partial charge on any atom is -0.481 e. The van der Waals surface area contributed by atoms with Crippen LogP contribution in [0.2, 0.25) is 0 Å². The van der Waals surface area contributed by atoms with Gasteiger partial charge < -0.3 is 15.3 Å². The molecule has 0 aromatic rings. The molecule has 1 aliphatic carbocycles. The van der Waals surface area contributed by atoms with Crippen LogP contribution in [-0.2, 0) is 9.59 Å². The van der Waals surface area contributed by atoms with E-state index in [1.807, 2.05) is 4.90 Å². The zero-order valence-corrected chi connectivity index (χ0v) is 13.2. The zero-order chi connectivity index (χ0) is 15.5. The third kappa shape index (κ3) is 4.19. The summed E-state index contributed by atoms with van der Waals surface area (Å²) in [5, 5.41) is 12.4. The van der Waals surface area contributed by atoms with Gasteiger partial charge in [-0.3, -0.25) is 9.59 Å². The highest BCUT2D eigenvalue weighted by Gasteiger charge is 2.33. The second-order valence-corrected chi connectivity index (χ2v) is 7.16. The van der Waals surface area contributed by atoms with Crippen LogP contribution < -0.4 is 5.32 Å². The highest BCUT2D eigenvalue weighted by Crippen LogP contribution is 2.35. The molecular weight excluding hydrogens is 268 g/mol. The molecule has 0 spiro atoms. The van der Waals surface area contributed by atoms with Crippen molar-refractivity contribution in [3.63, 3.8) is 0 Å². The zero-order valence-electron chi connectivity index (χ0n) is 13.2. The average molecular weight is 296 g/mol. The summed E-state index contributed by atoms with van der Waals surface area (Å²) in [5.41, 5.74) is 0.259. The third-order valence-corrected chi connectivity index (χ3v) is 5.20. The fourth-order valence-corrected chi connectivity index (χ4v) is 3.57. The van der Waals surface area contributed by atoms with Gasteiger partial charge in [-0.25, -0.2) is 0 Å². The van der Waals surface area contributed by atoms with E-state index >= 15 is 0 Å². The van der Waals surface area contributed by atoms with Gasteiger partial charge in [0.15, 0.2) is 0 Å². The van der Waals surface area contributed by atoms with E-state index in [0.717, 1.165) is 6.42 Å². The highest BCUT2D eigenvalue weighted by molar-refractivity contribution is 5.79. The van der Waals surface area contributed by atoms with Crippen LogP contribution in [0.1, 0.15) is 52.4 Å². The maximum absolute atomic E-state index is 12.2. The monoisotopic (exact) mass is 296 g/mol. The lowest BCUT2D eigenvalue weighted by Gasteiger charge is -2.39. The number of piperidine rings is 1. The number of rotatable bonds is 4. The number of hydrogen-bond donors (Lipinski definition) is 2. The summed E-state index contributed by atoms with van der Waals surface area (Å²) in [6, 6.07) is 0.409. The summed E-state index contributed by atoms with van der Waals surface area (Å²) in [4.78, 5) is 25.0. The van der Waals surface area contributed by atoms with Gasteiger partial charge in [-0.15, -0.1) is 0 Å². The topological polar surface area (TPSA) is 69.6 Å². The molecule has 5 heteroatoms. The van der Waals surface area contributed by atoms with Gasteiger partial charge in [0.05, 0.1) is 12.5 Å². The van der Waals surface area contributed by atoms with E-state index in [-0.39, 0.29) is 17.2 Å². The molecule has 1 saturated heterocycles. The van der Waals surface area contributed by atoms with Crippen molar-refractivity contribution in [3.8, 4) is 0 Å². The number of carboxylic acid groups (broad SMARTS) is 1. The number of nitrogens with zero attached hydrogens (tertiary/aromatic N) is 1. The minimum absolute atomic E-state index is 0.111. The molecule has 5 nitrogen and oxygen atoms in total. The fraction of sp³-hybridized carbons (Fsp3) is 0.875. The molecule has 2 fully saturated rings. The summed E-state index contributed by atoms with van der Waals surface area (Å²) in [5.74, 6) is -0.899. The van der Waals surface area contributed by atoms with Crippen LogP contribution in [0.4, 0.5) is 0 Å². The standard InChI is InChI=1S/C16H28N2O3/c1-16(2)8-4-3-5-13(16)17-11-14(19)18-9-6-12(7-10-18)15(20)21/h12-13,17H,3-11H2,1-2H3,(H,20,21)/t13-/m0/s1. The molecule has 0 bridgehead atoms. The first-order valence-electron chi connectivity index (χ1n) is 8.14. The molecule has 1 aliphatic heterocycles. The number of hydrogen-bond acceptors (Lipinski definition) is 3. The van der Waals surface area contributed by atoms with Gasteiger partial charge in [0.1, 0.15) is 0 Å². The maximum atomic E-state index is 12.2. The van der Waals surface area contributed by atoms with Gasteiger partial charge in [-0.1, -0.05) is 26.7 Å². The predicted octanol–water partition coefficient (Wildman–Crippen LogP) is 1.87. The van der Waals surface area contributed by atoms with Gasteiger partial charge in [0.25, 0.3) is 0 Å². The molecule has 1 atom stereocenters. The number of amides is 1. The summed E-state index contributed by atoms with van der Waals surface area (Å²) in [6.45, 7) is 6.07. The van der Waals surface area contributed by atoms with Crippen LogP contribution in [0.25, 0.3) is 0 Å². The molecule has 2 aliphatic rings. The van der Waals surface area contributed by atoms with Crippen molar-refractivity contribution < 1.29 is 14.7 Å². The predicted molar refractivity (Wildman–Crippen MR) is 81.0 cm³/mol. The largest absolute Gasteiger partial charge is 0.481 e. The second kappa shape index (κ2) is 6.77. The van der Waals surface area contributed by atoms with Crippen LogP contribution in [0, 0.1) is 11.3 Å². The number of carboxylic acids is 1. The van der Waals surface area contributed by atoms with E-state index < -0.39 is 5.97 Å². The Morgan fingerprint density at radius 1 is 1.19 bits per heavy atom. The van der Waals surface area contributed by atoms with Crippen LogP contribution >= 0.6 is 0 Å². The van der Waals surface area contributed by atoms with E-state index in [9.17, 15) is 9.59 Å². The smallest absolute Gasteiger partial charge is 0.306 e. The second-order valence-electron chi connectivity index (χ2n) is 7.16. The Balaban J connectivity index is 1.76. The lowest BCUT2D eigenvalue weighted by Crippen LogP contribution is -2.50. The first-order chi connectivity index (χ1) is 9.90. The summed E-state index contributed by atoms with van der Waals surface area (Å²) >= 11 is 0. The van der Waals surface area contributed by atoms with E-state index in [1.54, 1.807) is 0 Å². The van der Waals surface area contributed by atoms with E-state index in [0.29, 0.717) is 38.5 Å². The molecule has 0 unspecified atom stereocenters. The van der Waals surface area contributed by atoms with Crippen molar-refractivity contribution in [1.29, 1.82) is 0 Å². The third-order valence-electron chi connectivity index (χ3n) is 5.20. The first kappa shape index (κ1) is 16.3. The summed E-state index contributed by atoms with van der Waals surface area (Å²) in [6.07, 6.45) is 6.03. The molecule has 0 aromatic carbocycles. The lowest BCUT2D eigenvalue weighted by molar-refractivity contribution is -0.145. The Kier molecular flexibility index (Phi) is 5.25. The van der Waals surface area contributed by atoms with Crippen LogP contribution in [0.3, 0.4) is 0 Å². The van der Waals surface area contributed by atoms with Gasteiger partial charge >= 0.3 is 5.97 Å². The Bertz CT molecular complexity index is 387. The molecule has 1 heterocycles. The molecule has 120 valence electrons. The molecular formula is C16H28N2O3. The van der Waals surface area contributed by atoms with Crippen molar-refractivity contribution in [1.82, 2.24) is 10.2 Å². The Morgan fingerprint density at radius 3 is 2.43 bits per heavy atom. The molecule has 1 amide bonds. The van der Waals surface area contributed by atoms with Crippen molar-refractivity contribution >= 4 is 11.9 Å². The minimum atomic E-state index is -0.732. The molecule has 2 N–H and O–H groups in total. The van der Waals surface area contributed by atoms with E-state index in [1.165, 1.54) is 19.3 Å².